The molecular formula is C14H18N2O4. The van der Waals surface area contributed by atoms with E-state index in [9.17, 15) is 9.59 Å². The minimum absolute atomic E-state index is 0.0752. The summed E-state index contributed by atoms with van der Waals surface area (Å²) in [5.74, 6) is -0.826. The number of carboxylic acid groups (broad SMARTS) is 1. The van der Waals surface area contributed by atoms with Gasteiger partial charge in [0.15, 0.2) is 0 Å². The van der Waals surface area contributed by atoms with Gasteiger partial charge in [-0.25, -0.2) is 4.79 Å². The predicted octanol–water partition coefficient (Wildman–Crippen LogP) is 1.46. The average molecular weight is 278 g/mol. The molecule has 0 heterocycles. The van der Waals surface area contributed by atoms with Crippen molar-refractivity contribution in [3.05, 3.63) is 23.8 Å². The van der Waals surface area contributed by atoms with Crippen molar-refractivity contribution in [2.24, 2.45) is 11.7 Å². The van der Waals surface area contributed by atoms with Crippen LogP contribution in [0.1, 0.15) is 30.1 Å². The van der Waals surface area contributed by atoms with Crippen LogP contribution in [0.5, 0.6) is 5.75 Å². The van der Waals surface area contributed by atoms with Crippen LogP contribution in [0, 0.1) is 5.92 Å². The molecule has 1 aliphatic rings. The van der Waals surface area contributed by atoms with E-state index in [-0.39, 0.29) is 17.4 Å². The molecule has 1 atom stereocenters. The van der Waals surface area contributed by atoms with Crippen LogP contribution < -0.4 is 15.8 Å². The Morgan fingerprint density at radius 2 is 2.10 bits per heavy atom. The Bertz CT molecular complexity index is 550. The summed E-state index contributed by atoms with van der Waals surface area (Å²) in [4.78, 5) is 23.2. The van der Waals surface area contributed by atoms with E-state index in [1.165, 1.54) is 25.3 Å². The quantitative estimate of drug-likeness (QED) is 0.756. The average Bonchev–Trinajstić information content (AvgIpc) is 3.23. The van der Waals surface area contributed by atoms with Gasteiger partial charge < -0.3 is 20.9 Å². The zero-order valence-corrected chi connectivity index (χ0v) is 11.5. The molecule has 108 valence electrons. The number of hydrogen-bond donors (Lipinski definition) is 3. The van der Waals surface area contributed by atoms with Crippen molar-refractivity contribution in [3.63, 3.8) is 0 Å². The van der Waals surface area contributed by atoms with Crippen LogP contribution in [0.3, 0.4) is 0 Å². The topological polar surface area (TPSA) is 102 Å². The number of rotatable bonds is 5. The lowest BCUT2D eigenvalue weighted by Crippen LogP contribution is -2.50. The monoisotopic (exact) mass is 278 g/mol. The maximum absolute atomic E-state index is 12.2. The highest BCUT2D eigenvalue weighted by molar-refractivity contribution is 6.00. The molecule has 1 fully saturated rings. The van der Waals surface area contributed by atoms with Crippen molar-refractivity contribution in [2.45, 2.75) is 25.3 Å². The van der Waals surface area contributed by atoms with Gasteiger partial charge in [0.25, 0.3) is 0 Å². The summed E-state index contributed by atoms with van der Waals surface area (Å²) >= 11 is 0. The molecule has 20 heavy (non-hydrogen) atoms. The molecule has 0 bridgehead atoms. The predicted molar refractivity (Wildman–Crippen MR) is 73.9 cm³/mol. The number of amides is 1. The first kappa shape index (κ1) is 14.3. The summed E-state index contributed by atoms with van der Waals surface area (Å²) in [6, 6.07) is 4.28. The third-order valence-corrected chi connectivity index (χ3v) is 3.61. The maximum Gasteiger partial charge on any atom is 0.335 e. The highest BCUT2D eigenvalue weighted by atomic mass is 16.5. The number of methoxy groups -OCH3 is 1. The van der Waals surface area contributed by atoms with Crippen molar-refractivity contribution in [1.29, 1.82) is 0 Å². The highest BCUT2D eigenvalue weighted by Crippen LogP contribution is 2.39. The Kier molecular flexibility index (Phi) is 3.67. The van der Waals surface area contributed by atoms with Crippen molar-refractivity contribution in [1.82, 2.24) is 0 Å². The lowest BCUT2D eigenvalue weighted by molar-refractivity contribution is -0.121. The van der Waals surface area contributed by atoms with E-state index < -0.39 is 11.5 Å². The standard InChI is InChI=1S/C14H18N2O4/c1-14(15,9-4-5-9)13(19)16-10-7-8(12(17)18)3-6-11(10)20-2/h3,6-7,9H,4-5,15H2,1-2H3,(H,16,19)(H,17,18). The third kappa shape index (κ3) is 2.75. The van der Waals surface area contributed by atoms with E-state index in [4.69, 9.17) is 15.6 Å². The third-order valence-electron chi connectivity index (χ3n) is 3.61. The Morgan fingerprint density at radius 1 is 1.45 bits per heavy atom. The van der Waals surface area contributed by atoms with Gasteiger partial charge in [0, 0.05) is 0 Å². The Labute approximate surface area is 116 Å². The molecule has 1 aromatic rings. The molecule has 4 N–H and O–H groups in total. The van der Waals surface area contributed by atoms with E-state index in [0.29, 0.717) is 11.4 Å². The summed E-state index contributed by atoms with van der Waals surface area (Å²) in [5.41, 5.74) is 5.47. The van der Waals surface area contributed by atoms with Crippen molar-refractivity contribution in [2.75, 3.05) is 12.4 Å². The number of nitrogens with two attached hydrogens (primary N) is 1. The summed E-state index contributed by atoms with van der Waals surface area (Å²) in [7, 11) is 1.45. The van der Waals surface area contributed by atoms with E-state index in [1.807, 2.05) is 0 Å². The fraction of sp³-hybridized carbons (Fsp3) is 0.429. The molecule has 1 amide bonds. The van der Waals surface area contributed by atoms with E-state index in [1.54, 1.807) is 6.92 Å². The summed E-state index contributed by atoms with van der Waals surface area (Å²) in [5, 5.41) is 11.7. The van der Waals surface area contributed by atoms with Crippen LogP contribution in [0.25, 0.3) is 0 Å². The number of nitrogens with one attached hydrogen (secondary N) is 1. The van der Waals surface area contributed by atoms with E-state index in [0.717, 1.165) is 12.8 Å². The second kappa shape index (κ2) is 5.13. The molecule has 0 radical (unpaired) electrons. The van der Waals surface area contributed by atoms with Crippen LogP contribution in [0.2, 0.25) is 0 Å². The fourth-order valence-electron chi connectivity index (χ4n) is 2.06. The summed E-state index contributed by atoms with van der Waals surface area (Å²) < 4.78 is 5.12. The first-order chi connectivity index (χ1) is 9.36. The minimum atomic E-state index is -1.07. The molecule has 1 aliphatic carbocycles. The van der Waals surface area contributed by atoms with Crippen molar-refractivity contribution >= 4 is 17.6 Å². The van der Waals surface area contributed by atoms with Gasteiger partial charge in [-0.1, -0.05) is 0 Å². The van der Waals surface area contributed by atoms with E-state index >= 15 is 0 Å². The van der Waals surface area contributed by atoms with Crippen LogP contribution in [-0.4, -0.2) is 29.6 Å². The zero-order valence-electron chi connectivity index (χ0n) is 11.5. The maximum atomic E-state index is 12.2. The van der Waals surface area contributed by atoms with Crippen LogP contribution >= 0.6 is 0 Å². The van der Waals surface area contributed by atoms with Crippen LogP contribution in [-0.2, 0) is 4.79 Å². The first-order valence-electron chi connectivity index (χ1n) is 6.38. The molecule has 0 aliphatic heterocycles. The lowest BCUT2D eigenvalue weighted by Gasteiger charge is -2.23. The van der Waals surface area contributed by atoms with E-state index in [2.05, 4.69) is 5.32 Å². The van der Waals surface area contributed by atoms with Gasteiger partial charge in [-0.2, -0.15) is 0 Å². The largest absolute Gasteiger partial charge is 0.495 e. The zero-order chi connectivity index (χ0) is 14.9. The molecule has 0 aromatic heterocycles. The van der Waals surface area contributed by atoms with Gasteiger partial charge in [-0.3, -0.25) is 4.79 Å². The SMILES string of the molecule is COc1ccc(C(=O)O)cc1NC(=O)C(C)(N)C1CC1. The number of benzene rings is 1. The number of hydrogen-bond acceptors (Lipinski definition) is 4. The number of carbonyl (C=O) groups excluding carboxylic acids is 1. The Morgan fingerprint density at radius 3 is 2.60 bits per heavy atom. The number of ether oxygens (including phenoxy) is 1. The number of carbonyl (C=O) groups is 2. The molecule has 0 spiro atoms. The van der Waals surface area contributed by atoms with Crippen molar-refractivity contribution in [3.8, 4) is 5.75 Å². The van der Waals surface area contributed by atoms with Gasteiger partial charge in [0.2, 0.25) is 5.91 Å². The van der Waals surface area contributed by atoms with Crippen molar-refractivity contribution < 1.29 is 19.4 Å². The molecule has 6 nitrogen and oxygen atoms in total. The second-order valence-electron chi connectivity index (χ2n) is 5.23. The first-order valence-corrected chi connectivity index (χ1v) is 6.38. The summed E-state index contributed by atoms with van der Waals surface area (Å²) in [6.45, 7) is 1.69. The number of aromatic carboxylic acids is 1. The molecular weight excluding hydrogens is 260 g/mol. The molecule has 6 heteroatoms. The van der Waals surface area contributed by atoms with Crippen LogP contribution in [0.4, 0.5) is 5.69 Å². The van der Waals surface area contributed by atoms with Crippen LogP contribution in [0.15, 0.2) is 18.2 Å². The van der Waals surface area contributed by atoms with Gasteiger partial charge in [0.05, 0.1) is 23.9 Å². The lowest BCUT2D eigenvalue weighted by atomic mass is 9.96. The fourth-order valence-corrected chi connectivity index (χ4v) is 2.06. The van der Waals surface area contributed by atoms with Gasteiger partial charge in [-0.15, -0.1) is 0 Å². The smallest absolute Gasteiger partial charge is 0.335 e. The Balaban J connectivity index is 2.25. The number of carboxylic acids is 1. The van der Waals surface area contributed by atoms with Gasteiger partial charge in [0.1, 0.15) is 5.75 Å². The molecule has 1 saturated carbocycles. The summed E-state index contributed by atoms with van der Waals surface area (Å²) in [6.07, 6.45) is 1.87. The molecule has 1 unspecified atom stereocenters. The molecule has 1 aromatic carbocycles. The van der Waals surface area contributed by atoms with Gasteiger partial charge in [-0.05, 0) is 43.9 Å². The number of anilines is 1. The minimum Gasteiger partial charge on any atom is -0.495 e. The molecule has 2 rings (SSSR count). The Hall–Kier alpha value is -2.08. The van der Waals surface area contributed by atoms with Gasteiger partial charge >= 0.3 is 5.97 Å². The normalized spacial score (nSPS) is 17.1. The second-order valence-corrected chi connectivity index (χ2v) is 5.23. The highest BCUT2D eigenvalue weighted by Gasteiger charge is 2.44. The molecule has 0 saturated heterocycles.